The Morgan fingerprint density at radius 1 is 1.18 bits per heavy atom. The lowest BCUT2D eigenvalue weighted by Crippen LogP contribution is -2.59. The molecule has 1 aromatic carbocycles. The summed E-state index contributed by atoms with van der Waals surface area (Å²) in [5, 5.41) is 16.1. The Labute approximate surface area is 201 Å². The minimum absolute atomic E-state index is 0.0380. The number of amides is 3. The van der Waals surface area contributed by atoms with Gasteiger partial charge in [-0.3, -0.25) is 14.4 Å². The van der Waals surface area contributed by atoms with Gasteiger partial charge in [-0.15, -0.1) is 0 Å². The van der Waals surface area contributed by atoms with Gasteiger partial charge in [0.2, 0.25) is 17.7 Å². The monoisotopic (exact) mass is 471 g/mol. The molecule has 3 unspecified atom stereocenters. The summed E-state index contributed by atoms with van der Waals surface area (Å²) in [5.74, 6) is -2.55. The van der Waals surface area contributed by atoms with Gasteiger partial charge in [0.25, 0.3) is 0 Å². The van der Waals surface area contributed by atoms with Gasteiger partial charge in [0, 0.05) is 11.7 Å². The van der Waals surface area contributed by atoms with Crippen LogP contribution in [0.15, 0.2) is 30.3 Å². The molecule has 3 N–H and O–H groups in total. The molecule has 1 aromatic rings. The number of nitrogens with zero attached hydrogens (tertiary/aromatic N) is 1. The Morgan fingerprint density at radius 3 is 2.38 bits per heavy atom. The molecular weight excluding hydrogens is 434 g/mol. The Kier molecular flexibility index (Phi) is 6.27. The molecule has 8 heteroatoms. The van der Waals surface area contributed by atoms with E-state index in [1.54, 1.807) is 12.1 Å². The Bertz CT molecular complexity index is 966. The maximum absolute atomic E-state index is 14.1. The highest BCUT2D eigenvalue weighted by Gasteiger charge is 2.80. The van der Waals surface area contributed by atoms with Crippen LogP contribution >= 0.6 is 0 Å². The van der Waals surface area contributed by atoms with E-state index in [2.05, 4.69) is 10.6 Å². The quantitative estimate of drug-likeness (QED) is 0.565. The van der Waals surface area contributed by atoms with E-state index in [4.69, 9.17) is 4.74 Å². The van der Waals surface area contributed by atoms with Crippen molar-refractivity contribution in [3.8, 4) is 0 Å². The molecular formula is C26H37N3O5. The van der Waals surface area contributed by atoms with E-state index in [0.29, 0.717) is 12.1 Å². The number of aliphatic hydroxyl groups is 1. The number of fused-ring (bicyclic) bond motifs is 1. The van der Waals surface area contributed by atoms with Crippen molar-refractivity contribution in [3.63, 3.8) is 0 Å². The van der Waals surface area contributed by atoms with Gasteiger partial charge >= 0.3 is 0 Å². The maximum atomic E-state index is 14.1. The molecule has 0 aromatic heterocycles. The summed E-state index contributed by atoms with van der Waals surface area (Å²) in [4.78, 5) is 42.8. The van der Waals surface area contributed by atoms with Gasteiger partial charge in [-0.05, 0) is 51.2 Å². The lowest BCUT2D eigenvalue weighted by molar-refractivity contribution is -0.151. The first-order chi connectivity index (χ1) is 16.0. The van der Waals surface area contributed by atoms with Gasteiger partial charge in [-0.2, -0.15) is 0 Å². The fourth-order valence-corrected chi connectivity index (χ4v) is 6.46. The highest BCUT2D eigenvalue weighted by molar-refractivity contribution is 6.02. The molecule has 186 valence electrons. The summed E-state index contributed by atoms with van der Waals surface area (Å²) >= 11 is 0. The number of para-hydroxylation sites is 1. The summed E-state index contributed by atoms with van der Waals surface area (Å²) in [7, 11) is 0. The average molecular weight is 472 g/mol. The Morgan fingerprint density at radius 2 is 1.82 bits per heavy atom. The van der Waals surface area contributed by atoms with Crippen molar-refractivity contribution in [2.75, 3.05) is 11.9 Å². The minimum Gasteiger partial charge on any atom is -0.394 e. The molecule has 0 saturated carbocycles. The Hall–Kier alpha value is -2.45. The SMILES string of the molecule is CC(C)NC(=O)C1N([C@@H](CO)C(C)C)C(=O)[C@@H]2[C@@H](C(=O)Nc3ccccc3)[C@]3(C)OC12CC3C. The molecule has 3 aliphatic rings. The van der Waals surface area contributed by atoms with Crippen molar-refractivity contribution in [2.24, 2.45) is 23.7 Å². The number of aliphatic hydroxyl groups excluding tert-OH is 1. The summed E-state index contributed by atoms with van der Waals surface area (Å²) in [6, 6.07) is 7.54. The predicted octanol–water partition coefficient (Wildman–Crippen LogP) is 2.18. The van der Waals surface area contributed by atoms with Gasteiger partial charge < -0.3 is 25.4 Å². The van der Waals surface area contributed by atoms with E-state index in [1.165, 1.54) is 4.90 Å². The van der Waals surface area contributed by atoms with Crippen LogP contribution in [-0.2, 0) is 19.1 Å². The van der Waals surface area contributed by atoms with Crippen LogP contribution in [-0.4, -0.2) is 63.7 Å². The highest BCUT2D eigenvalue weighted by atomic mass is 16.5. The third kappa shape index (κ3) is 3.53. The molecule has 3 aliphatic heterocycles. The summed E-state index contributed by atoms with van der Waals surface area (Å²) in [6.45, 7) is 11.2. The second kappa shape index (κ2) is 8.64. The van der Waals surface area contributed by atoms with Crippen LogP contribution in [0.2, 0.25) is 0 Å². The van der Waals surface area contributed by atoms with Crippen molar-refractivity contribution in [3.05, 3.63) is 30.3 Å². The predicted molar refractivity (Wildman–Crippen MR) is 128 cm³/mol. The zero-order valence-electron chi connectivity index (χ0n) is 20.9. The number of hydrogen-bond donors (Lipinski definition) is 3. The van der Waals surface area contributed by atoms with Crippen LogP contribution in [0.1, 0.15) is 48.0 Å². The van der Waals surface area contributed by atoms with Crippen LogP contribution in [0.4, 0.5) is 5.69 Å². The number of benzene rings is 1. The number of rotatable bonds is 7. The van der Waals surface area contributed by atoms with Crippen molar-refractivity contribution < 1.29 is 24.2 Å². The topological polar surface area (TPSA) is 108 Å². The highest BCUT2D eigenvalue weighted by Crippen LogP contribution is 2.65. The smallest absolute Gasteiger partial charge is 0.246 e. The van der Waals surface area contributed by atoms with Gasteiger partial charge in [0.05, 0.1) is 30.1 Å². The Balaban J connectivity index is 1.80. The van der Waals surface area contributed by atoms with Crippen molar-refractivity contribution in [1.29, 1.82) is 0 Å². The lowest BCUT2D eigenvalue weighted by atomic mass is 9.62. The molecule has 3 saturated heterocycles. The van der Waals surface area contributed by atoms with Crippen molar-refractivity contribution in [2.45, 2.75) is 77.3 Å². The fourth-order valence-electron chi connectivity index (χ4n) is 6.46. The number of hydrogen-bond acceptors (Lipinski definition) is 5. The third-order valence-electron chi connectivity index (χ3n) is 8.07. The molecule has 7 atom stereocenters. The number of ether oxygens (including phenoxy) is 1. The van der Waals surface area contributed by atoms with Crippen molar-refractivity contribution >= 4 is 23.4 Å². The number of likely N-dealkylation sites (tertiary alicyclic amines) is 1. The van der Waals surface area contributed by atoms with Gasteiger partial charge in [0.15, 0.2) is 0 Å². The van der Waals surface area contributed by atoms with Gasteiger partial charge in [-0.1, -0.05) is 39.0 Å². The number of carbonyl (C=O) groups is 3. The summed E-state index contributed by atoms with van der Waals surface area (Å²) in [5.41, 5.74) is -1.35. The van der Waals surface area contributed by atoms with Gasteiger partial charge in [0.1, 0.15) is 11.6 Å². The first-order valence-corrected chi connectivity index (χ1v) is 12.3. The van der Waals surface area contributed by atoms with Crippen LogP contribution in [0.3, 0.4) is 0 Å². The molecule has 4 rings (SSSR count). The molecule has 0 aliphatic carbocycles. The molecule has 2 bridgehead atoms. The van der Waals surface area contributed by atoms with Crippen LogP contribution in [0.5, 0.6) is 0 Å². The third-order valence-corrected chi connectivity index (χ3v) is 8.07. The maximum Gasteiger partial charge on any atom is 0.246 e. The van der Waals surface area contributed by atoms with Crippen LogP contribution in [0, 0.1) is 23.7 Å². The van der Waals surface area contributed by atoms with Crippen LogP contribution in [0.25, 0.3) is 0 Å². The van der Waals surface area contributed by atoms with E-state index in [-0.39, 0.29) is 42.2 Å². The molecule has 3 heterocycles. The molecule has 0 radical (unpaired) electrons. The van der Waals surface area contributed by atoms with Crippen LogP contribution < -0.4 is 10.6 Å². The number of carbonyl (C=O) groups excluding carboxylic acids is 3. The average Bonchev–Trinajstić information content (AvgIpc) is 3.26. The normalized spacial score (nSPS) is 35.1. The standard InChI is InChI=1S/C26H37N3O5/c1-14(2)18(13-30)29-21(23(32)27-15(3)4)26-12-16(5)25(6,34-26)19(20(26)24(29)33)22(31)28-17-10-8-7-9-11-17/h7-11,14-16,18-21,30H,12-13H2,1-6H3,(H,27,32)(H,28,31)/t16?,18-,19-,20-,21?,25+,26?/m0/s1. The summed E-state index contributed by atoms with van der Waals surface area (Å²) in [6.07, 6.45) is 0.498. The zero-order chi connectivity index (χ0) is 25.0. The van der Waals surface area contributed by atoms with Gasteiger partial charge in [-0.25, -0.2) is 0 Å². The largest absolute Gasteiger partial charge is 0.394 e. The van der Waals surface area contributed by atoms with E-state index in [1.807, 2.05) is 59.7 Å². The van der Waals surface area contributed by atoms with E-state index >= 15 is 0 Å². The number of nitrogens with one attached hydrogen (secondary N) is 2. The zero-order valence-corrected chi connectivity index (χ0v) is 20.9. The second-order valence-electron chi connectivity index (χ2n) is 11.0. The van der Waals surface area contributed by atoms with E-state index in [9.17, 15) is 19.5 Å². The second-order valence-corrected chi connectivity index (χ2v) is 11.0. The first kappa shape index (κ1) is 24.7. The van der Waals surface area contributed by atoms with E-state index < -0.39 is 35.1 Å². The molecule has 34 heavy (non-hydrogen) atoms. The van der Waals surface area contributed by atoms with Crippen molar-refractivity contribution in [1.82, 2.24) is 10.2 Å². The number of anilines is 1. The molecule has 1 spiro atoms. The summed E-state index contributed by atoms with van der Waals surface area (Å²) < 4.78 is 6.68. The molecule has 3 amide bonds. The molecule has 3 fully saturated rings. The minimum atomic E-state index is -1.12. The molecule has 8 nitrogen and oxygen atoms in total. The van der Waals surface area contributed by atoms with E-state index in [0.717, 1.165) is 0 Å². The fraction of sp³-hybridized carbons (Fsp3) is 0.654. The lowest BCUT2D eigenvalue weighted by Gasteiger charge is -2.38. The first-order valence-electron chi connectivity index (χ1n) is 12.3.